The first kappa shape index (κ1) is 12.4. The first-order chi connectivity index (χ1) is 8.47. The van der Waals surface area contributed by atoms with Crippen molar-refractivity contribution in [2.24, 2.45) is 0 Å². The van der Waals surface area contributed by atoms with Gasteiger partial charge >= 0.3 is 0 Å². The molecule has 4 nitrogen and oxygen atoms in total. The van der Waals surface area contributed by atoms with E-state index in [0.29, 0.717) is 5.56 Å². The first-order valence-electron chi connectivity index (χ1n) is 5.84. The van der Waals surface area contributed by atoms with Crippen LogP contribution in [0.1, 0.15) is 23.6 Å². The molecule has 94 valence electrons. The van der Waals surface area contributed by atoms with Crippen molar-refractivity contribution in [3.8, 4) is 0 Å². The average molecular weight is 245 g/mol. The van der Waals surface area contributed by atoms with Crippen molar-refractivity contribution in [1.29, 1.82) is 0 Å². The van der Waals surface area contributed by atoms with Gasteiger partial charge in [0, 0.05) is 6.54 Å². The number of amides is 2. The van der Waals surface area contributed by atoms with Gasteiger partial charge in [-0.3, -0.25) is 14.5 Å². The van der Waals surface area contributed by atoms with Crippen LogP contribution in [0, 0.1) is 13.8 Å². The average Bonchev–Trinajstić information content (AvgIpc) is 2.52. The van der Waals surface area contributed by atoms with Crippen molar-refractivity contribution < 1.29 is 14.7 Å². The summed E-state index contributed by atoms with van der Waals surface area (Å²) < 4.78 is 0. The summed E-state index contributed by atoms with van der Waals surface area (Å²) >= 11 is 0. The maximum Gasteiger partial charge on any atom is 0.296 e. The number of carbonyl (C=O) groups is 2. The Morgan fingerprint density at radius 3 is 2.33 bits per heavy atom. The van der Waals surface area contributed by atoms with Crippen LogP contribution in [0.4, 0.5) is 0 Å². The molecule has 1 heterocycles. The molecule has 2 rings (SSSR count). The summed E-state index contributed by atoms with van der Waals surface area (Å²) in [6.45, 7) is 5.77. The summed E-state index contributed by atoms with van der Waals surface area (Å²) in [5, 5.41) is 9.84. The SMILES string of the molecule is CCN1C(=O)C(O)=C(c2ccc(C)cc2C)C1=O. The number of benzene rings is 1. The quantitative estimate of drug-likeness (QED) is 0.810. The highest BCUT2D eigenvalue weighted by molar-refractivity contribution is 6.35. The van der Waals surface area contributed by atoms with Crippen molar-refractivity contribution in [2.75, 3.05) is 6.54 Å². The van der Waals surface area contributed by atoms with Crippen LogP contribution < -0.4 is 0 Å². The third-order valence-electron chi connectivity index (χ3n) is 3.11. The highest BCUT2D eigenvalue weighted by Gasteiger charge is 2.38. The molecule has 1 aliphatic rings. The maximum atomic E-state index is 12.1. The van der Waals surface area contributed by atoms with Gasteiger partial charge in [0.25, 0.3) is 11.8 Å². The molecule has 0 saturated carbocycles. The smallest absolute Gasteiger partial charge is 0.296 e. The molecule has 0 aliphatic carbocycles. The van der Waals surface area contributed by atoms with Crippen molar-refractivity contribution in [2.45, 2.75) is 20.8 Å². The predicted octanol–water partition coefficient (Wildman–Crippen LogP) is 1.96. The number of carbonyl (C=O) groups excluding carboxylic acids is 2. The second kappa shape index (κ2) is 4.29. The number of rotatable bonds is 2. The highest BCUT2D eigenvalue weighted by Crippen LogP contribution is 2.30. The number of likely N-dealkylation sites (N-methyl/N-ethyl adjacent to an activating group) is 1. The van der Waals surface area contributed by atoms with E-state index in [1.54, 1.807) is 13.0 Å². The van der Waals surface area contributed by atoms with E-state index >= 15 is 0 Å². The largest absolute Gasteiger partial charge is 0.502 e. The summed E-state index contributed by atoms with van der Waals surface area (Å²) in [6, 6.07) is 5.54. The Balaban J connectivity index is 2.57. The fourth-order valence-electron chi connectivity index (χ4n) is 2.19. The number of aliphatic hydroxyl groups excluding tert-OH is 1. The molecule has 0 spiro atoms. The molecule has 2 amide bonds. The molecule has 1 aromatic carbocycles. The lowest BCUT2D eigenvalue weighted by Gasteiger charge is -2.11. The zero-order valence-electron chi connectivity index (χ0n) is 10.7. The third kappa shape index (κ3) is 1.70. The van der Waals surface area contributed by atoms with Crippen molar-refractivity contribution in [1.82, 2.24) is 4.90 Å². The van der Waals surface area contributed by atoms with Crippen molar-refractivity contribution in [3.05, 3.63) is 40.6 Å². The van der Waals surface area contributed by atoms with Crippen LogP contribution in [0.3, 0.4) is 0 Å². The molecule has 0 saturated heterocycles. The Kier molecular flexibility index (Phi) is 2.95. The van der Waals surface area contributed by atoms with E-state index < -0.39 is 17.6 Å². The number of hydrogen-bond donors (Lipinski definition) is 1. The highest BCUT2D eigenvalue weighted by atomic mass is 16.3. The minimum atomic E-state index is -0.613. The first-order valence-corrected chi connectivity index (χ1v) is 5.84. The molecule has 0 radical (unpaired) electrons. The van der Waals surface area contributed by atoms with Gasteiger partial charge in [-0.25, -0.2) is 0 Å². The molecule has 1 aromatic rings. The van der Waals surface area contributed by atoms with Gasteiger partial charge in [-0.15, -0.1) is 0 Å². The van der Waals surface area contributed by atoms with Crippen LogP contribution in [-0.2, 0) is 9.59 Å². The molecule has 1 N–H and O–H groups in total. The Labute approximate surface area is 106 Å². The second-order valence-corrected chi connectivity index (χ2v) is 4.40. The monoisotopic (exact) mass is 245 g/mol. The lowest BCUT2D eigenvalue weighted by atomic mass is 9.98. The fraction of sp³-hybridized carbons (Fsp3) is 0.286. The summed E-state index contributed by atoms with van der Waals surface area (Å²) in [5.74, 6) is -1.49. The van der Waals surface area contributed by atoms with Gasteiger partial charge in [0.1, 0.15) is 0 Å². The van der Waals surface area contributed by atoms with E-state index in [1.807, 2.05) is 26.0 Å². The Morgan fingerprint density at radius 2 is 1.83 bits per heavy atom. The van der Waals surface area contributed by atoms with Crippen molar-refractivity contribution in [3.63, 3.8) is 0 Å². The zero-order chi connectivity index (χ0) is 13.4. The maximum absolute atomic E-state index is 12.1. The van der Waals surface area contributed by atoms with Gasteiger partial charge in [-0.1, -0.05) is 23.8 Å². The Hall–Kier alpha value is -2.10. The van der Waals surface area contributed by atoms with E-state index in [4.69, 9.17) is 0 Å². The summed E-state index contributed by atoms with van der Waals surface area (Å²) in [7, 11) is 0. The van der Waals surface area contributed by atoms with Gasteiger partial charge in [-0.05, 0) is 31.9 Å². The van der Waals surface area contributed by atoms with Gasteiger partial charge < -0.3 is 5.11 Å². The molecule has 0 bridgehead atoms. The van der Waals surface area contributed by atoms with Crippen molar-refractivity contribution >= 4 is 17.4 Å². The zero-order valence-corrected chi connectivity index (χ0v) is 10.7. The van der Waals surface area contributed by atoms with Gasteiger partial charge in [0.2, 0.25) is 0 Å². The summed E-state index contributed by atoms with van der Waals surface area (Å²) in [4.78, 5) is 24.8. The normalized spacial score (nSPS) is 15.8. The minimum Gasteiger partial charge on any atom is -0.502 e. The van der Waals surface area contributed by atoms with E-state index in [0.717, 1.165) is 16.0 Å². The van der Waals surface area contributed by atoms with Crippen LogP contribution in [0.2, 0.25) is 0 Å². The van der Waals surface area contributed by atoms with Gasteiger partial charge in [0.15, 0.2) is 5.76 Å². The van der Waals surface area contributed by atoms with Gasteiger partial charge in [0.05, 0.1) is 5.57 Å². The number of aliphatic hydroxyl groups is 1. The molecule has 0 fully saturated rings. The molecule has 1 aliphatic heterocycles. The number of hydrogen-bond acceptors (Lipinski definition) is 3. The molecule has 0 atom stereocenters. The van der Waals surface area contributed by atoms with Crippen LogP contribution in [0.25, 0.3) is 5.57 Å². The molecular formula is C14H15NO3. The number of aryl methyl sites for hydroxylation is 2. The van der Waals surface area contributed by atoms with E-state index in [-0.39, 0.29) is 12.1 Å². The van der Waals surface area contributed by atoms with E-state index in [1.165, 1.54) is 0 Å². The lowest BCUT2D eigenvalue weighted by Crippen LogP contribution is -2.31. The standard InChI is InChI=1S/C14H15NO3/c1-4-15-13(17)11(12(16)14(15)18)10-6-5-8(2)7-9(10)3/h5-7,16H,4H2,1-3H3. The van der Waals surface area contributed by atoms with Crippen LogP contribution in [0.5, 0.6) is 0 Å². The molecule has 4 heteroatoms. The molecule has 18 heavy (non-hydrogen) atoms. The second-order valence-electron chi connectivity index (χ2n) is 4.40. The minimum absolute atomic E-state index is 0.111. The van der Waals surface area contributed by atoms with E-state index in [9.17, 15) is 14.7 Å². The Bertz CT molecular complexity index is 572. The number of nitrogens with zero attached hydrogens (tertiary/aromatic N) is 1. The van der Waals surface area contributed by atoms with E-state index in [2.05, 4.69) is 0 Å². The third-order valence-corrected chi connectivity index (χ3v) is 3.11. The van der Waals surface area contributed by atoms with Crippen LogP contribution >= 0.6 is 0 Å². The number of imide groups is 1. The van der Waals surface area contributed by atoms with Crippen LogP contribution in [-0.4, -0.2) is 28.4 Å². The molecule has 0 unspecified atom stereocenters. The van der Waals surface area contributed by atoms with Crippen LogP contribution in [0.15, 0.2) is 24.0 Å². The molecule has 0 aromatic heterocycles. The Morgan fingerprint density at radius 1 is 1.17 bits per heavy atom. The topological polar surface area (TPSA) is 57.6 Å². The summed E-state index contributed by atoms with van der Waals surface area (Å²) in [5.41, 5.74) is 2.67. The van der Waals surface area contributed by atoms with Gasteiger partial charge in [-0.2, -0.15) is 0 Å². The lowest BCUT2D eigenvalue weighted by molar-refractivity contribution is -0.137. The molecular weight excluding hydrogens is 230 g/mol. The predicted molar refractivity (Wildman–Crippen MR) is 67.9 cm³/mol. The summed E-state index contributed by atoms with van der Waals surface area (Å²) in [6.07, 6.45) is 0. The fourth-order valence-corrected chi connectivity index (χ4v) is 2.19.